The van der Waals surface area contributed by atoms with Gasteiger partial charge >= 0.3 is 6.18 Å². The first-order chi connectivity index (χ1) is 7.91. The highest BCUT2D eigenvalue weighted by Crippen LogP contribution is 2.39. The highest BCUT2D eigenvalue weighted by molar-refractivity contribution is 8.14. The van der Waals surface area contributed by atoms with Crippen LogP contribution in [0.15, 0.2) is 35.3 Å². The monoisotopic (exact) mass is 261 g/mol. The van der Waals surface area contributed by atoms with Crippen molar-refractivity contribution in [3.63, 3.8) is 0 Å². The van der Waals surface area contributed by atoms with Crippen molar-refractivity contribution in [1.82, 2.24) is 0 Å². The van der Waals surface area contributed by atoms with Gasteiger partial charge < -0.3 is 5.11 Å². The van der Waals surface area contributed by atoms with Crippen LogP contribution in [0.2, 0.25) is 0 Å². The van der Waals surface area contributed by atoms with E-state index in [0.29, 0.717) is 11.5 Å². The fourth-order valence-electron chi connectivity index (χ4n) is 1.46. The predicted octanol–water partition coefficient (Wildman–Crippen LogP) is 2.63. The van der Waals surface area contributed by atoms with Gasteiger partial charge in [-0.3, -0.25) is 0 Å². The number of benzene rings is 1. The fraction of sp³-hybridized carbons (Fsp3) is 0.364. The molecule has 0 amide bonds. The first-order valence-corrected chi connectivity index (χ1v) is 5.94. The van der Waals surface area contributed by atoms with E-state index in [1.165, 1.54) is 0 Å². The van der Waals surface area contributed by atoms with Crippen LogP contribution in [0.3, 0.4) is 0 Å². The highest BCUT2D eigenvalue weighted by atomic mass is 32.2. The van der Waals surface area contributed by atoms with Gasteiger partial charge in [-0.1, -0.05) is 30.3 Å². The molecule has 0 unspecified atom stereocenters. The number of nitrogens with zero attached hydrogens (tertiary/aromatic N) is 1. The van der Waals surface area contributed by atoms with Crippen molar-refractivity contribution in [2.45, 2.75) is 18.3 Å². The lowest BCUT2D eigenvalue weighted by molar-refractivity contribution is -0.245. The molecule has 0 spiro atoms. The van der Waals surface area contributed by atoms with Crippen molar-refractivity contribution < 1.29 is 18.3 Å². The number of hydrogen-bond acceptors (Lipinski definition) is 3. The van der Waals surface area contributed by atoms with Crippen LogP contribution in [0, 0.1) is 0 Å². The van der Waals surface area contributed by atoms with Gasteiger partial charge in [0, 0.05) is 6.42 Å². The minimum absolute atomic E-state index is 0.316. The van der Waals surface area contributed by atoms with Crippen molar-refractivity contribution in [2.24, 2.45) is 4.99 Å². The molecule has 1 aliphatic heterocycles. The molecule has 92 valence electrons. The van der Waals surface area contributed by atoms with Crippen molar-refractivity contribution in [2.75, 3.05) is 5.75 Å². The van der Waals surface area contributed by atoms with Crippen LogP contribution < -0.4 is 0 Å². The van der Waals surface area contributed by atoms with Gasteiger partial charge in [0.05, 0.1) is 10.8 Å². The first-order valence-electron chi connectivity index (χ1n) is 4.95. The molecule has 17 heavy (non-hydrogen) atoms. The summed E-state index contributed by atoms with van der Waals surface area (Å²) in [6.07, 6.45) is -4.39. The predicted molar refractivity (Wildman–Crippen MR) is 61.0 cm³/mol. The third-order valence-corrected chi connectivity index (χ3v) is 3.52. The second-order valence-corrected chi connectivity index (χ2v) is 4.82. The first kappa shape index (κ1) is 12.4. The van der Waals surface area contributed by atoms with Crippen LogP contribution >= 0.6 is 11.8 Å². The number of thioether (sulfide) groups is 1. The summed E-state index contributed by atoms with van der Waals surface area (Å²) in [4.78, 5) is 3.40. The third kappa shape index (κ3) is 2.63. The summed E-state index contributed by atoms with van der Waals surface area (Å²) in [6, 6.07) is 9.08. The highest BCUT2D eigenvalue weighted by Gasteiger charge is 2.56. The Labute approximate surface area is 101 Å². The van der Waals surface area contributed by atoms with E-state index in [9.17, 15) is 18.3 Å². The smallest absolute Gasteiger partial charge is 0.361 e. The van der Waals surface area contributed by atoms with Crippen molar-refractivity contribution in [3.05, 3.63) is 35.9 Å². The number of halogens is 3. The second-order valence-electron chi connectivity index (χ2n) is 3.77. The summed E-state index contributed by atoms with van der Waals surface area (Å²) >= 11 is 0.951. The van der Waals surface area contributed by atoms with Crippen LogP contribution in [0.1, 0.15) is 5.56 Å². The SMILES string of the molecule is O[C@]1(C(F)(F)F)CSC(Cc2ccccc2)=N1. The molecule has 0 aliphatic carbocycles. The number of hydrogen-bond donors (Lipinski definition) is 1. The molecule has 6 heteroatoms. The molecule has 1 aromatic carbocycles. The Morgan fingerprint density at radius 1 is 1.29 bits per heavy atom. The van der Waals surface area contributed by atoms with E-state index in [0.717, 1.165) is 17.3 Å². The topological polar surface area (TPSA) is 32.6 Å². The summed E-state index contributed by atoms with van der Waals surface area (Å²) in [7, 11) is 0. The van der Waals surface area contributed by atoms with Crippen molar-refractivity contribution >= 4 is 16.8 Å². The van der Waals surface area contributed by atoms with Gasteiger partial charge in [-0.05, 0) is 5.56 Å². The Bertz CT molecular complexity index is 432. The van der Waals surface area contributed by atoms with E-state index in [1.54, 1.807) is 0 Å². The van der Waals surface area contributed by atoms with Crippen molar-refractivity contribution in [1.29, 1.82) is 0 Å². The molecule has 0 fully saturated rings. The minimum atomic E-state index is -4.71. The second kappa shape index (κ2) is 4.34. The van der Waals surface area contributed by atoms with Crippen molar-refractivity contribution in [3.8, 4) is 0 Å². The van der Waals surface area contributed by atoms with Gasteiger partial charge in [0.2, 0.25) is 0 Å². The molecule has 0 bridgehead atoms. The van der Waals surface area contributed by atoms with E-state index in [-0.39, 0.29) is 0 Å². The average molecular weight is 261 g/mol. The number of rotatable bonds is 2. The number of alkyl halides is 3. The standard InChI is InChI=1S/C11H10F3NOS/c12-11(13,14)10(16)7-17-9(15-10)6-8-4-2-1-3-5-8/h1-5,16H,6-7H2/t10-/m0/s1. The Kier molecular flexibility index (Phi) is 3.18. The maximum Gasteiger partial charge on any atom is 0.439 e. The molecule has 1 atom stereocenters. The number of aliphatic hydroxyl groups is 1. The minimum Gasteiger partial charge on any atom is -0.361 e. The normalized spacial score (nSPS) is 24.8. The van der Waals surface area contributed by atoms with Gasteiger partial charge in [0.15, 0.2) is 0 Å². The molecule has 0 aromatic heterocycles. The lowest BCUT2D eigenvalue weighted by Crippen LogP contribution is -2.43. The van der Waals surface area contributed by atoms with E-state index < -0.39 is 17.7 Å². The zero-order valence-corrected chi connectivity index (χ0v) is 9.55. The summed E-state index contributed by atoms with van der Waals surface area (Å²) in [6.45, 7) is 0. The molecule has 1 heterocycles. The van der Waals surface area contributed by atoms with Crippen LogP contribution in [0.4, 0.5) is 13.2 Å². The van der Waals surface area contributed by atoms with Crippen LogP contribution in [-0.2, 0) is 6.42 Å². The van der Waals surface area contributed by atoms with E-state index in [2.05, 4.69) is 4.99 Å². The summed E-state index contributed by atoms with van der Waals surface area (Å²) in [5, 5.41) is 9.66. The van der Waals surface area contributed by atoms with E-state index >= 15 is 0 Å². The third-order valence-electron chi connectivity index (χ3n) is 2.40. The van der Waals surface area contributed by atoms with Crippen LogP contribution in [0.25, 0.3) is 0 Å². The average Bonchev–Trinajstić information content (AvgIpc) is 2.62. The number of aliphatic imine (C=N–C) groups is 1. The zero-order chi connectivity index (χ0) is 12.5. The molecule has 1 aliphatic rings. The molecular formula is C11H10F3NOS. The quantitative estimate of drug-likeness (QED) is 0.887. The molecule has 0 saturated carbocycles. The molecule has 0 radical (unpaired) electrons. The van der Waals surface area contributed by atoms with Gasteiger partial charge in [-0.2, -0.15) is 13.2 Å². The largest absolute Gasteiger partial charge is 0.439 e. The summed E-state index contributed by atoms with van der Waals surface area (Å²) < 4.78 is 37.5. The Hall–Kier alpha value is -1.01. The van der Waals surface area contributed by atoms with Crippen LogP contribution in [0.5, 0.6) is 0 Å². The lowest BCUT2D eigenvalue weighted by Gasteiger charge is -2.21. The van der Waals surface area contributed by atoms with E-state index in [1.807, 2.05) is 30.3 Å². The Morgan fingerprint density at radius 2 is 1.94 bits per heavy atom. The molecule has 2 nitrogen and oxygen atoms in total. The fourth-order valence-corrected chi connectivity index (χ4v) is 2.54. The molecule has 2 rings (SSSR count). The van der Waals surface area contributed by atoms with E-state index in [4.69, 9.17) is 0 Å². The van der Waals surface area contributed by atoms with Gasteiger partial charge in [0.25, 0.3) is 5.72 Å². The lowest BCUT2D eigenvalue weighted by atomic mass is 10.2. The van der Waals surface area contributed by atoms with Gasteiger partial charge in [-0.25, -0.2) is 4.99 Å². The molecular weight excluding hydrogens is 251 g/mol. The summed E-state index contributed by atoms with van der Waals surface area (Å²) in [5.41, 5.74) is -2.04. The van der Waals surface area contributed by atoms with Gasteiger partial charge in [-0.15, -0.1) is 11.8 Å². The Balaban J connectivity index is 2.13. The summed E-state index contributed by atoms with van der Waals surface area (Å²) in [5.74, 6) is -0.460. The molecule has 1 aromatic rings. The Morgan fingerprint density at radius 3 is 2.47 bits per heavy atom. The maximum atomic E-state index is 12.5. The zero-order valence-electron chi connectivity index (χ0n) is 8.74. The molecule has 1 N–H and O–H groups in total. The van der Waals surface area contributed by atoms with Crippen LogP contribution in [-0.4, -0.2) is 27.8 Å². The molecule has 0 saturated heterocycles. The van der Waals surface area contributed by atoms with Gasteiger partial charge in [0.1, 0.15) is 0 Å². The maximum absolute atomic E-state index is 12.5.